The van der Waals surface area contributed by atoms with Crippen LogP contribution in [0.15, 0.2) is 24.3 Å². The quantitative estimate of drug-likeness (QED) is 0.449. The standard InChI is InChI=1S/C8H6O2S2/c9-5-6-3-1-2-4-7(6)8(10)12-11/h1-5,11H. The van der Waals surface area contributed by atoms with Crippen LogP contribution in [0.25, 0.3) is 0 Å². The predicted molar refractivity (Wildman–Crippen MR) is 52.7 cm³/mol. The highest BCUT2D eigenvalue weighted by Gasteiger charge is 2.08. The number of carbonyl (C=O) groups excluding carboxylic acids is 2. The summed E-state index contributed by atoms with van der Waals surface area (Å²) < 4.78 is 0. The molecule has 0 spiro atoms. The van der Waals surface area contributed by atoms with Crippen molar-refractivity contribution >= 4 is 33.9 Å². The molecular weight excluding hydrogens is 192 g/mol. The van der Waals surface area contributed by atoms with Crippen LogP contribution in [0.3, 0.4) is 0 Å². The zero-order valence-electron chi connectivity index (χ0n) is 6.06. The minimum Gasteiger partial charge on any atom is -0.298 e. The van der Waals surface area contributed by atoms with Gasteiger partial charge in [0.15, 0.2) is 6.29 Å². The monoisotopic (exact) mass is 198 g/mol. The molecule has 12 heavy (non-hydrogen) atoms. The molecule has 0 aromatic heterocycles. The topological polar surface area (TPSA) is 34.1 Å². The van der Waals surface area contributed by atoms with Gasteiger partial charge in [-0.1, -0.05) is 18.2 Å². The Balaban J connectivity index is 3.13. The largest absolute Gasteiger partial charge is 0.298 e. The van der Waals surface area contributed by atoms with E-state index < -0.39 is 0 Å². The van der Waals surface area contributed by atoms with Crippen molar-refractivity contribution < 1.29 is 9.59 Å². The van der Waals surface area contributed by atoms with Crippen LogP contribution in [-0.4, -0.2) is 11.4 Å². The number of carbonyl (C=O) groups is 2. The third-order valence-corrected chi connectivity index (χ3v) is 2.27. The van der Waals surface area contributed by atoms with Gasteiger partial charge in [0.25, 0.3) is 0 Å². The average Bonchev–Trinajstić information content (AvgIpc) is 2.16. The van der Waals surface area contributed by atoms with Crippen molar-refractivity contribution in [2.45, 2.75) is 0 Å². The number of hydrogen-bond donors (Lipinski definition) is 1. The lowest BCUT2D eigenvalue weighted by Gasteiger charge is -1.98. The van der Waals surface area contributed by atoms with Gasteiger partial charge < -0.3 is 0 Å². The van der Waals surface area contributed by atoms with E-state index in [4.69, 9.17) is 0 Å². The molecule has 0 aliphatic rings. The molecule has 0 saturated carbocycles. The summed E-state index contributed by atoms with van der Waals surface area (Å²) in [5.41, 5.74) is 0.816. The van der Waals surface area contributed by atoms with Crippen molar-refractivity contribution in [3.8, 4) is 0 Å². The van der Waals surface area contributed by atoms with Gasteiger partial charge in [-0.3, -0.25) is 9.59 Å². The Hall–Kier alpha value is -0.740. The second kappa shape index (κ2) is 4.33. The molecule has 1 aromatic carbocycles. The van der Waals surface area contributed by atoms with Crippen molar-refractivity contribution in [2.24, 2.45) is 0 Å². The smallest absolute Gasteiger partial charge is 0.230 e. The Labute approximate surface area is 79.2 Å². The second-order valence-electron chi connectivity index (χ2n) is 2.08. The van der Waals surface area contributed by atoms with Crippen LogP contribution >= 0.6 is 22.5 Å². The first-order valence-corrected chi connectivity index (χ1v) is 5.06. The summed E-state index contributed by atoms with van der Waals surface area (Å²) >= 11 is 3.76. The van der Waals surface area contributed by atoms with E-state index in [0.717, 1.165) is 10.8 Å². The zero-order valence-corrected chi connectivity index (χ0v) is 7.77. The molecule has 0 unspecified atom stereocenters. The van der Waals surface area contributed by atoms with E-state index in [1.165, 1.54) is 0 Å². The van der Waals surface area contributed by atoms with Gasteiger partial charge in [0.05, 0.1) is 0 Å². The van der Waals surface area contributed by atoms with Crippen LogP contribution in [0.2, 0.25) is 0 Å². The average molecular weight is 198 g/mol. The fourth-order valence-corrected chi connectivity index (χ4v) is 1.41. The first kappa shape index (κ1) is 9.35. The lowest BCUT2D eigenvalue weighted by Crippen LogP contribution is -1.96. The molecule has 0 saturated heterocycles. The lowest BCUT2D eigenvalue weighted by molar-refractivity contribution is 0.107. The normalized spacial score (nSPS) is 9.42. The molecule has 0 aliphatic heterocycles. The molecule has 0 atom stereocenters. The molecule has 2 nitrogen and oxygen atoms in total. The van der Waals surface area contributed by atoms with Crippen LogP contribution < -0.4 is 0 Å². The van der Waals surface area contributed by atoms with E-state index in [9.17, 15) is 9.59 Å². The summed E-state index contributed by atoms with van der Waals surface area (Å²) in [5.74, 6) is 0. The van der Waals surface area contributed by atoms with Crippen LogP contribution in [0.5, 0.6) is 0 Å². The Morgan fingerprint density at radius 2 is 2.08 bits per heavy atom. The number of rotatable bonds is 2. The highest BCUT2D eigenvalue weighted by atomic mass is 33.1. The molecule has 0 fully saturated rings. The van der Waals surface area contributed by atoms with E-state index in [1.807, 2.05) is 0 Å². The fraction of sp³-hybridized carbons (Fsp3) is 0. The molecule has 4 heteroatoms. The summed E-state index contributed by atoms with van der Waals surface area (Å²) in [4.78, 5) is 21.6. The van der Waals surface area contributed by atoms with E-state index in [0.29, 0.717) is 17.4 Å². The first-order chi connectivity index (χ1) is 5.79. The molecule has 1 aromatic rings. The fourth-order valence-electron chi connectivity index (χ4n) is 0.835. The van der Waals surface area contributed by atoms with Crippen molar-refractivity contribution in [1.82, 2.24) is 0 Å². The van der Waals surface area contributed by atoms with Crippen molar-refractivity contribution in [2.75, 3.05) is 0 Å². The molecule has 0 N–H and O–H groups in total. The van der Waals surface area contributed by atoms with Crippen LogP contribution in [0, 0.1) is 0 Å². The number of thiol groups is 1. The molecule has 0 bridgehead atoms. The highest BCUT2D eigenvalue weighted by Crippen LogP contribution is 2.17. The maximum absolute atomic E-state index is 11.1. The third kappa shape index (κ3) is 1.89. The van der Waals surface area contributed by atoms with Crippen molar-refractivity contribution in [3.05, 3.63) is 35.4 Å². The Morgan fingerprint density at radius 1 is 1.42 bits per heavy atom. The minimum atomic E-state index is -0.207. The van der Waals surface area contributed by atoms with Gasteiger partial charge >= 0.3 is 0 Å². The van der Waals surface area contributed by atoms with Gasteiger partial charge in [-0.05, 0) is 16.9 Å². The van der Waals surface area contributed by atoms with E-state index in [1.54, 1.807) is 24.3 Å². The number of aldehydes is 1. The summed E-state index contributed by atoms with van der Waals surface area (Å²) in [6.45, 7) is 0. The molecule has 0 heterocycles. The highest BCUT2D eigenvalue weighted by molar-refractivity contribution is 8.75. The van der Waals surface area contributed by atoms with E-state index >= 15 is 0 Å². The van der Waals surface area contributed by atoms with Crippen LogP contribution in [0.1, 0.15) is 20.7 Å². The molecule has 62 valence electrons. The molecule has 0 aliphatic carbocycles. The molecular formula is C8H6O2S2. The van der Waals surface area contributed by atoms with Gasteiger partial charge in [-0.25, -0.2) is 0 Å². The Bertz CT molecular complexity index is 310. The number of hydrogen-bond acceptors (Lipinski definition) is 4. The maximum atomic E-state index is 11.1. The first-order valence-electron chi connectivity index (χ1n) is 3.19. The molecule has 1 rings (SSSR count). The minimum absolute atomic E-state index is 0.207. The van der Waals surface area contributed by atoms with Gasteiger partial charge in [0.2, 0.25) is 5.12 Å². The van der Waals surface area contributed by atoms with E-state index in [2.05, 4.69) is 11.7 Å². The maximum Gasteiger partial charge on any atom is 0.230 e. The van der Waals surface area contributed by atoms with Crippen molar-refractivity contribution in [1.29, 1.82) is 0 Å². The summed E-state index contributed by atoms with van der Waals surface area (Å²) in [6.07, 6.45) is 0.664. The van der Waals surface area contributed by atoms with Crippen LogP contribution in [-0.2, 0) is 0 Å². The second-order valence-corrected chi connectivity index (χ2v) is 3.18. The van der Waals surface area contributed by atoms with E-state index in [-0.39, 0.29) is 5.12 Å². The molecule has 0 radical (unpaired) electrons. The SMILES string of the molecule is O=Cc1ccccc1C(=O)SS. The van der Waals surface area contributed by atoms with Gasteiger partial charge in [0, 0.05) is 11.1 Å². The summed E-state index contributed by atoms with van der Waals surface area (Å²) in [6, 6.07) is 6.63. The molecule has 0 amide bonds. The van der Waals surface area contributed by atoms with Gasteiger partial charge in [-0.2, -0.15) is 0 Å². The third-order valence-electron chi connectivity index (χ3n) is 1.39. The van der Waals surface area contributed by atoms with Gasteiger partial charge in [0.1, 0.15) is 0 Å². The Kier molecular flexibility index (Phi) is 3.37. The Morgan fingerprint density at radius 3 is 2.67 bits per heavy atom. The van der Waals surface area contributed by atoms with Crippen LogP contribution in [0.4, 0.5) is 0 Å². The zero-order chi connectivity index (χ0) is 8.97. The predicted octanol–water partition coefficient (Wildman–Crippen LogP) is 2.22. The van der Waals surface area contributed by atoms with Crippen molar-refractivity contribution in [3.63, 3.8) is 0 Å². The van der Waals surface area contributed by atoms with Gasteiger partial charge in [-0.15, -0.1) is 11.7 Å². The summed E-state index contributed by atoms with van der Waals surface area (Å²) in [7, 11) is 0.804. The number of benzene rings is 1. The summed E-state index contributed by atoms with van der Waals surface area (Å²) in [5, 5.41) is -0.207. The lowest BCUT2D eigenvalue weighted by atomic mass is 10.1.